The maximum Gasteiger partial charge on any atom is 1.00 e. The van der Waals surface area contributed by atoms with Gasteiger partial charge in [0.05, 0.1) is 30.2 Å². The molecule has 2 N–H and O–H groups in total. The van der Waals surface area contributed by atoms with Crippen LogP contribution in [0.3, 0.4) is 0 Å². The van der Waals surface area contributed by atoms with Gasteiger partial charge in [0, 0.05) is 24.8 Å². The smallest absolute Gasteiger partial charge is 0.469 e. The summed E-state index contributed by atoms with van der Waals surface area (Å²) in [6.07, 6.45) is 5.12. The summed E-state index contributed by atoms with van der Waals surface area (Å²) in [5, 5.41) is 26.0. The van der Waals surface area contributed by atoms with E-state index < -0.39 is 15.6 Å². The van der Waals surface area contributed by atoms with Gasteiger partial charge >= 0.3 is 51.4 Å². The Hall–Kier alpha value is -1.00. The van der Waals surface area contributed by atoms with Crippen LogP contribution in [0.25, 0.3) is 5.32 Å². The molecule has 1 aliphatic heterocycles. The van der Waals surface area contributed by atoms with Crippen LogP contribution in [-0.4, -0.2) is 59.1 Å². The first-order chi connectivity index (χ1) is 12.4. The van der Waals surface area contributed by atoms with Gasteiger partial charge < -0.3 is 10.3 Å². The van der Waals surface area contributed by atoms with Crippen LogP contribution < -0.4 is 51.4 Å². The minimum atomic E-state index is -3.29. The first-order valence-corrected chi connectivity index (χ1v) is 9.74. The molecule has 0 saturated carbocycles. The Kier molecular flexibility index (Phi) is 7.07. The molecule has 3 rings (SSSR count). The van der Waals surface area contributed by atoms with Crippen molar-refractivity contribution in [3.63, 3.8) is 0 Å². The van der Waals surface area contributed by atoms with E-state index in [4.69, 9.17) is 5.41 Å². The van der Waals surface area contributed by atoms with Crippen molar-refractivity contribution in [3.05, 3.63) is 41.1 Å². The van der Waals surface area contributed by atoms with Gasteiger partial charge in [-0.15, -0.1) is 0 Å². The zero-order chi connectivity index (χ0) is 18.9. The summed E-state index contributed by atoms with van der Waals surface area (Å²) in [4.78, 5) is 2.96. The number of aromatic nitrogens is 3. The predicted molar refractivity (Wildman–Crippen MR) is 97.1 cm³/mol. The summed E-state index contributed by atoms with van der Waals surface area (Å²) in [6.45, 7) is 2.02. The van der Waals surface area contributed by atoms with Crippen molar-refractivity contribution < 1.29 is 59.8 Å². The minimum absolute atomic E-state index is 0. The fraction of sp³-hybridized carbons (Fsp3) is 0.438. The molecule has 2 aromatic rings. The molecule has 2 aromatic heterocycles. The second-order valence-corrected chi connectivity index (χ2v) is 8.50. The minimum Gasteiger partial charge on any atom is -0.469 e. The van der Waals surface area contributed by atoms with Crippen LogP contribution >= 0.6 is 0 Å². The van der Waals surface area contributed by atoms with Crippen LogP contribution in [0, 0.1) is 16.7 Å². The monoisotopic (exact) mass is 413 g/mol. The predicted octanol–water partition coefficient (Wildman–Crippen LogP) is -1.46. The third kappa shape index (κ3) is 4.07. The molecule has 3 heterocycles. The number of nitriles is 1. The Morgan fingerprint density at radius 3 is 2.81 bits per heavy atom. The fourth-order valence-corrected chi connectivity index (χ4v) is 4.33. The van der Waals surface area contributed by atoms with Gasteiger partial charge in [0.2, 0.25) is 10.0 Å². The number of aromatic amines is 1. The summed E-state index contributed by atoms with van der Waals surface area (Å²) in [5.74, 6) is 0.639. The van der Waals surface area contributed by atoms with Crippen LogP contribution in [-0.2, 0) is 15.6 Å². The van der Waals surface area contributed by atoms with Crippen LogP contribution in [0.15, 0.2) is 24.7 Å². The van der Waals surface area contributed by atoms with E-state index in [1.54, 1.807) is 43.3 Å². The van der Waals surface area contributed by atoms with E-state index in [9.17, 15) is 13.7 Å². The molecule has 1 fully saturated rings. The number of hydrogen-bond donors (Lipinski definition) is 2. The molecule has 138 valence electrons. The Labute approximate surface area is 201 Å². The van der Waals surface area contributed by atoms with E-state index in [-0.39, 0.29) is 82.4 Å². The summed E-state index contributed by atoms with van der Waals surface area (Å²) < 4.78 is 27.0. The molecule has 0 aromatic carbocycles. The summed E-state index contributed by atoms with van der Waals surface area (Å²) in [5.41, 5.74) is 0.822. The van der Waals surface area contributed by atoms with E-state index in [1.807, 2.05) is 0 Å². The second kappa shape index (κ2) is 8.56. The van der Waals surface area contributed by atoms with Gasteiger partial charge in [-0.25, -0.2) is 8.42 Å². The molecular weight excluding hydrogens is 393 g/mol. The second-order valence-electron chi connectivity index (χ2n) is 6.24. The molecule has 11 heteroatoms. The van der Waals surface area contributed by atoms with Gasteiger partial charge in [-0.1, -0.05) is 25.1 Å². The molecule has 0 atom stereocenters. The molecule has 0 aliphatic carbocycles. The number of sulfonamides is 1. The first kappa shape index (κ1) is 22.3. The molecular formula is C16H20KN7O2S. The van der Waals surface area contributed by atoms with E-state index in [1.165, 1.54) is 4.31 Å². The summed E-state index contributed by atoms with van der Waals surface area (Å²) in [7, 11) is -1.64. The van der Waals surface area contributed by atoms with Crippen molar-refractivity contribution in [3.8, 4) is 6.07 Å². The van der Waals surface area contributed by atoms with Gasteiger partial charge in [0.25, 0.3) is 0 Å². The topological polar surface area (TPSA) is 133 Å². The van der Waals surface area contributed by atoms with Crippen LogP contribution in [0.5, 0.6) is 0 Å². The molecule has 9 nitrogen and oxygen atoms in total. The number of rotatable bonds is 7. The van der Waals surface area contributed by atoms with Crippen molar-refractivity contribution in [1.82, 2.24) is 19.1 Å². The number of hydrogen-bond acceptors (Lipinski definition) is 5. The van der Waals surface area contributed by atoms with E-state index >= 15 is 0 Å². The molecule has 1 saturated heterocycles. The van der Waals surface area contributed by atoms with E-state index in [2.05, 4.69) is 21.5 Å². The van der Waals surface area contributed by atoms with Crippen molar-refractivity contribution in [1.29, 1.82) is 10.7 Å². The Balaban J connectivity index is 0.00000261. The zero-order valence-electron chi connectivity index (χ0n) is 15.6. The van der Waals surface area contributed by atoms with Crippen molar-refractivity contribution >= 4 is 21.6 Å². The molecule has 0 amide bonds. The standard InChI is InChI=1S/C16H20N7O2S.K/c1-3-26(24,25)22-10-16(11-22,5-6-17)23-9-12(8-21-23)14(18)13-4-7-20-15(13)19-2;/h4,7-9,18,20H,3,5,10-11H2,1-2H3;/q-1;+1. The molecule has 1 aliphatic rings. The fourth-order valence-electron chi connectivity index (χ4n) is 3.09. The van der Waals surface area contributed by atoms with Gasteiger partial charge in [0.15, 0.2) is 0 Å². The molecule has 0 unspecified atom stereocenters. The third-order valence-corrected chi connectivity index (χ3v) is 6.46. The largest absolute Gasteiger partial charge is 1.00 e. The number of nitrogens with zero attached hydrogens (tertiary/aromatic N) is 5. The van der Waals surface area contributed by atoms with E-state index in [0.29, 0.717) is 16.9 Å². The zero-order valence-corrected chi connectivity index (χ0v) is 19.5. The normalized spacial score (nSPS) is 16.0. The molecule has 0 spiro atoms. The van der Waals surface area contributed by atoms with Crippen LogP contribution in [0.2, 0.25) is 0 Å². The summed E-state index contributed by atoms with van der Waals surface area (Å²) in [6, 6.07) is 3.90. The van der Waals surface area contributed by atoms with Gasteiger partial charge in [-0.3, -0.25) is 10.1 Å². The first-order valence-electron chi connectivity index (χ1n) is 8.13. The SMILES string of the molecule is CCS(=O)(=O)N1CC(CC#N)(n2cc(C(=N)c3cc[nH]c3[N-]C)cn2)C1.[K+]. The van der Waals surface area contributed by atoms with Crippen LogP contribution in [0.4, 0.5) is 5.82 Å². The Bertz CT molecular complexity index is 967. The Morgan fingerprint density at radius 1 is 1.52 bits per heavy atom. The molecule has 0 radical (unpaired) electrons. The van der Waals surface area contributed by atoms with Crippen LogP contribution in [0.1, 0.15) is 24.5 Å². The molecule has 27 heavy (non-hydrogen) atoms. The number of H-pyrrole nitrogens is 1. The van der Waals surface area contributed by atoms with Crippen molar-refractivity contribution in [2.24, 2.45) is 0 Å². The van der Waals surface area contributed by atoms with Crippen molar-refractivity contribution in [2.45, 2.75) is 18.9 Å². The maximum absolute atomic E-state index is 12.0. The maximum atomic E-state index is 12.0. The van der Waals surface area contributed by atoms with E-state index in [0.717, 1.165) is 0 Å². The summed E-state index contributed by atoms with van der Waals surface area (Å²) >= 11 is 0. The quantitative estimate of drug-likeness (QED) is 0.424. The van der Waals surface area contributed by atoms with Crippen molar-refractivity contribution in [2.75, 3.05) is 25.9 Å². The average molecular weight is 414 g/mol. The number of nitrogens with one attached hydrogen (secondary N) is 2. The Morgan fingerprint density at radius 2 is 2.22 bits per heavy atom. The molecule has 0 bridgehead atoms. The van der Waals surface area contributed by atoms with Gasteiger partial charge in [-0.05, 0) is 12.5 Å². The third-order valence-electron chi connectivity index (χ3n) is 4.68. The average Bonchev–Trinajstić information content (AvgIpc) is 3.26. The van der Waals surface area contributed by atoms with Gasteiger partial charge in [-0.2, -0.15) is 14.7 Å². The van der Waals surface area contributed by atoms with Gasteiger partial charge in [0.1, 0.15) is 5.54 Å².